The molecule has 0 unspecified atom stereocenters. The number of amides is 2. The van der Waals surface area contributed by atoms with E-state index in [9.17, 15) is 19.7 Å². The van der Waals surface area contributed by atoms with Crippen LogP contribution in [0.5, 0.6) is 0 Å². The zero-order chi connectivity index (χ0) is 17.1. The highest BCUT2D eigenvalue weighted by molar-refractivity contribution is 8.00. The third kappa shape index (κ3) is 3.38. The summed E-state index contributed by atoms with van der Waals surface area (Å²) in [5.41, 5.74) is 1.29. The van der Waals surface area contributed by atoms with Crippen molar-refractivity contribution in [1.82, 2.24) is 0 Å². The van der Waals surface area contributed by atoms with Crippen LogP contribution in [0.4, 0.5) is 17.1 Å². The van der Waals surface area contributed by atoms with Crippen molar-refractivity contribution < 1.29 is 14.5 Å². The van der Waals surface area contributed by atoms with E-state index in [4.69, 9.17) is 0 Å². The molecule has 1 heterocycles. The molecular weight excluding hydrogens is 330 g/mol. The number of fused-ring (bicyclic) bond motifs is 1. The maximum Gasteiger partial charge on any atom is 0.269 e. The minimum absolute atomic E-state index is 0.00676. The van der Waals surface area contributed by atoms with Crippen LogP contribution in [0.3, 0.4) is 0 Å². The van der Waals surface area contributed by atoms with E-state index in [1.807, 2.05) is 0 Å². The van der Waals surface area contributed by atoms with Gasteiger partial charge in [-0.3, -0.25) is 19.7 Å². The summed E-state index contributed by atoms with van der Waals surface area (Å²) in [4.78, 5) is 36.6. The maximum absolute atomic E-state index is 12.5. The molecule has 0 atom stereocenters. The summed E-state index contributed by atoms with van der Waals surface area (Å²) >= 11 is 1.27. The van der Waals surface area contributed by atoms with Gasteiger partial charge in [0.25, 0.3) is 5.69 Å². The molecule has 122 valence electrons. The highest BCUT2D eigenvalue weighted by atomic mass is 32.2. The summed E-state index contributed by atoms with van der Waals surface area (Å²) in [6.07, 6.45) is 0. The lowest BCUT2D eigenvalue weighted by Crippen LogP contribution is -2.43. The van der Waals surface area contributed by atoms with Gasteiger partial charge in [0.1, 0.15) is 6.54 Å². The first-order valence-electron chi connectivity index (χ1n) is 7.11. The quantitative estimate of drug-likeness (QED) is 0.523. The molecule has 7 nitrogen and oxygen atoms in total. The number of benzene rings is 2. The second-order valence-corrected chi connectivity index (χ2v) is 6.13. The van der Waals surface area contributed by atoms with Crippen LogP contribution >= 0.6 is 11.8 Å². The van der Waals surface area contributed by atoms with E-state index in [1.54, 1.807) is 36.4 Å². The third-order valence-corrected chi connectivity index (χ3v) is 4.48. The summed E-state index contributed by atoms with van der Waals surface area (Å²) in [5.74, 6) is -0.289. The van der Waals surface area contributed by atoms with Gasteiger partial charge >= 0.3 is 0 Å². The molecule has 3 rings (SSSR count). The van der Waals surface area contributed by atoms with Crippen LogP contribution < -0.4 is 10.2 Å². The fraction of sp³-hybridized carbons (Fsp3) is 0.125. The number of nitro benzene ring substituents is 1. The van der Waals surface area contributed by atoms with Crippen molar-refractivity contribution in [2.45, 2.75) is 4.90 Å². The molecule has 24 heavy (non-hydrogen) atoms. The van der Waals surface area contributed by atoms with Crippen molar-refractivity contribution in [2.24, 2.45) is 0 Å². The molecule has 0 fully saturated rings. The highest BCUT2D eigenvalue weighted by Crippen LogP contribution is 2.30. The lowest BCUT2D eigenvalue weighted by Gasteiger charge is -2.29. The SMILES string of the molecule is O=C1CN(C(=O)CSc2ccc([N+](=O)[O-])cc2)c2ccccc2N1. The van der Waals surface area contributed by atoms with Crippen LogP contribution in [0.1, 0.15) is 0 Å². The van der Waals surface area contributed by atoms with E-state index >= 15 is 0 Å². The predicted octanol–water partition coefficient (Wildman–Crippen LogP) is 2.67. The Balaban J connectivity index is 1.69. The maximum atomic E-state index is 12.5. The molecule has 8 heteroatoms. The smallest absolute Gasteiger partial charge is 0.269 e. The predicted molar refractivity (Wildman–Crippen MR) is 91.2 cm³/mol. The molecule has 1 aliphatic heterocycles. The molecule has 0 saturated carbocycles. The summed E-state index contributed by atoms with van der Waals surface area (Å²) < 4.78 is 0. The Kier molecular flexibility index (Phi) is 4.48. The number of rotatable bonds is 4. The zero-order valence-corrected chi connectivity index (χ0v) is 13.3. The number of nitro groups is 1. The van der Waals surface area contributed by atoms with E-state index in [0.29, 0.717) is 11.4 Å². The first-order chi connectivity index (χ1) is 11.5. The van der Waals surface area contributed by atoms with Crippen LogP contribution in [0.15, 0.2) is 53.4 Å². The third-order valence-electron chi connectivity index (χ3n) is 3.48. The van der Waals surface area contributed by atoms with Crippen molar-refractivity contribution in [2.75, 3.05) is 22.5 Å². The summed E-state index contributed by atoms with van der Waals surface area (Å²) in [6, 6.07) is 13.1. The molecule has 1 N–H and O–H groups in total. The molecular formula is C16H13N3O4S. The van der Waals surface area contributed by atoms with E-state index in [2.05, 4.69) is 5.32 Å². The Hall–Kier alpha value is -2.87. The lowest BCUT2D eigenvalue weighted by molar-refractivity contribution is -0.384. The van der Waals surface area contributed by atoms with Gasteiger partial charge < -0.3 is 10.2 Å². The molecule has 0 aliphatic carbocycles. The van der Waals surface area contributed by atoms with Crippen LogP contribution in [0.25, 0.3) is 0 Å². The second kappa shape index (κ2) is 6.71. The van der Waals surface area contributed by atoms with Crippen molar-refractivity contribution >= 4 is 40.6 Å². The number of para-hydroxylation sites is 2. The fourth-order valence-electron chi connectivity index (χ4n) is 2.34. The topological polar surface area (TPSA) is 92.5 Å². The van der Waals surface area contributed by atoms with Gasteiger partial charge in [-0.05, 0) is 24.3 Å². The monoisotopic (exact) mass is 343 g/mol. The van der Waals surface area contributed by atoms with Crippen LogP contribution in [0, 0.1) is 10.1 Å². The Morgan fingerprint density at radius 2 is 1.92 bits per heavy atom. The number of carbonyl (C=O) groups excluding carboxylic acids is 2. The van der Waals surface area contributed by atoms with Crippen LogP contribution in [-0.2, 0) is 9.59 Å². The summed E-state index contributed by atoms with van der Waals surface area (Å²) in [7, 11) is 0. The summed E-state index contributed by atoms with van der Waals surface area (Å²) in [5, 5.41) is 13.4. The van der Waals surface area contributed by atoms with Crippen molar-refractivity contribution in [3.05, 3.63) is 58.6 Å². The highest BCUT2D eigenvalue weighted by Gasteiger charge is 2.26. The van der Waals surface area contributed by atoms with E-state index < -0.39 is 4.92 Å². The number of nitrogens with zero attached hydrogens (tertiary/aromatic N) is 2. The van der Waals surface area contributed by atoms with E-state index in [1.165, 1.54) is 28.8 Å². The average molecular weight is 343 g/mol. The Bertz CT molecular complexity index is 807. The minimum Gasteiger partial charge on any atom is -0.323 e. The van der Waals surface area contributed by atoms with Gasteiger partial charge in [-0.1, -0.05) is 12.1 Å². The number of carbonyl (C=O) groups is 2. The molecule has 0 radical (unpaired) electrons. The number of nitrogens with one attached hydrogen (secondary N) is 1. The molecule has 2 aromatic rings. The van der Waals surface area contributed by atoms with Gasteiger partial charge in [0, 0.05) is 17.0 Å². The number of hydrogen-bond acceptors (Lipinski definition) is 5. The van der Waals surface area contributed by atoms with Crippen molar-refractivity contribution in [3.8, 4) is 0 Å². The van der Waals surface area contributed by atoms with Crippen LogP contribution in [-0.4, -0.2) is 29.0 Å². The van der Waals surface area contributed by atoms with Gasteiger partial charge in [0.15, 0.2) is 0 Å². The van der Waals surface area contributed by atoms with Crippen molar-refractivity contribution in [1.29, 1.82) is 0 Å². The molecule has 0 saturated heterocycles. The van der Waals surface area contributed by atoms with Gasteiger partial charge in [0.05, 0.1) is 22.1 Å². The number of hydrogen-bond donors (Lipinski definition) is 1. The molecule has 0 aromatic heterocycles. The van der Waals surface area contributed by atoms with Crippen LogP contribution in [0.2, 0.25) is 0 Å². The average Bonchev–Trinajstić information content (AvgIpc) is 2.59. The van der Waals surface area contributed by atoms with Gasteiger partial charge in [-0.25, -0.2) is 0 Å². The van der Waals surface area contributed by atoms with Gasteiger partial charge in [0.2, 0.25) is 11.8 Å². The molecule has 0 spiro atoms. The molecule has 1 aliphatic rings. The number of thioether (sulfide) groups is 1. The van der Waals surface area contributed by atoms with Gasteiger partial charge in [-0.15, -0.1) is 11.8 Å². The lowest BCUT2D eigenvalue weighted by atomic mass is 10.2. The largest absolute Gasteiger partial charge is 0.323 e. The molecule has 2 aromatic carbocycles. The first kappa shape index (κ1) is 16.0. The Labute approximate surface area is 141 Å². The van der Waals surface area contributed by atoms with Gasteiger partial charge in [-0.2, -0.15) is 0 Å². The fourth-order valence-corrected chi connectivity index (χ4v) is 3.12. The first-order valence-corrected chi connectivity index (χ1v) is 8.09. The normalized spacial score (nSPS) is 13.2. The van der Waals surface area contributed by atoms with E-state index in [0.717, 1.165) is 4.90 Å². The van der Waals surface area contributed by atoms with Crippen molar-refractivity contribution in [3.63, 3.8) is 0 Å². The number of anilines is 2. The summed E-state index contributed by atoms with van der Waals surface area (Å²) in [6.45, 7) is -0.0172. The van der Waals surface area contributed by atoms with E-state index in [-0.39, 0.29) is 29.8 Å². The standard InChI is InChI=1S/C16H13N3O4S/c20-15-9-18(14-4-2-1-3-13(14)17-15)16(21)10-24-12-7-5-11(6-8-12)19(22)23/h1-8H,9-10H2,(H,17,20). The Morgan fingerprint density at radius 3 is 2.62 bits per heavy atom. The zero-order valence-electron chi connectivity index (χ0n) is 12.5. The Morgan fingerprint density at radius 1 is 1.21 bits per heavy atom. The second-order valence-electron chi connectivity index (χ2n) is 5.08. The number of non-ortho nitro benzene ring substituents is 1. The molecule has 2 amide bonds. The molecule has 0 bridgehead atoms. The minimum atomic E-state index is -0.469.